The third-order valence-corrected chi connectivity index (χ3v) is 4.38. The van der Waals surface area contributed by atoms with Gasteiger partial charge in [-0.05, 0) is 60.5 Å². The van der Waals surface area contributed by atoms with Crippen LogP contribution in [0.5, 0.6) is 0 Å². The molecule has 28 heavy (non-hydrogen) atoms. The first-order chi connectivity index (χ1) is 13.5. The van der Waals surface area contributed by atoms with Gasteiger partial charge in [-0.1, -0.05) is 23.7 Å². The third kappa shape index (κ3) is 5.44. The molecule has 0 atom stereocenters. The molecule has 0 saturated heterocycles. The first kappa shape index (κ1) is 19.6. The number of benzene rings is 2. The summed E-state index contributed by atoms with van der Waals surface area (Å²) >= 11 is 5.98. The Morgan fingerprint density at radius 2 is 1.82 bits per heavy atom. The van der Waals surface area contributed by atoms with Gasteiger partial charge >= 0.3 is 0 Å². The van der Waals surface area contributed by atoms with E-state index in [0.717, 1.165) is 22.7 Å². The van der Waals surface area contributed by atoms with Crippen molar-refractivity contribution in [2.45, 2.75) is 6.42 Å². The van der Waals surface area contributed by atoms with Gasteiger partial charge in [-0.2, -0.15) is 0 Å². The molecule has 0 aliphatic rings. The molecule has 0 spiro atoms. The van der Waals surface area contributed by atoms with Gasteiger partial charge in [0.1, 0.15) is 5.82 Å². The molecule has 2 N–H and O–H groups in total. The zero-order valence-corrected chi connectivity index (χ0v) is 16.6. The molecule has 0 bridgehead atoms. The van der Waals surface area contributed by atoms with E-state index in [1.54, 1.807) is 12.1 Å². The number of hydrogen-bond donors (Lipinski definition) is 2. The second-order valence-electron chi connectivity index (χ2n) is 6.51. The Bertz CT molecular complexity index is 926. The van der Waals surface area contributed by atoms with Crippen molar-refractivity contribution in [3.63, 3.8) is 0 Å². The molecule has 3 rings (SSSR count). The zero-order chi connectivity index (χ0) is 19.9. The summed E-state index contributed by atoms with van der Waals surface area (Å²) in [6.45, 7) is 0.693. The molecule has 0 unspecified atom stereocenters. The van der Waals surface area contributed by atoms with Crippen molar-refractivity contribution in [3.8, 4) is 0 Å². The number of aromatic nitrogens is 2. The second-order valence-corrected chi connectivity index (χ2v) is 6.94. The normalized spacial score (nSPS) is 10.4. The van der Waals surface area contributed by atoms with Gasteiger partial charge < -0.3 is 15.5 Å². The van der Waals surface area contributed by atoms with Crippen molar-refractivity contribution in [2.24, 2.45) is 0 Å². The minimum absolute atomic E-state index is 0.261. The summed E-state index contributed by atoms with van der Waals surface area (Å²) in [6, 6.07) is 18.7. The molecule has 2 aromatic carbocycles. The number of nitrogens with one attached hydrogen (secondary N) is 2. The van der Waals surface area contributed by atoms with E-state index in [1.165, 1.54) is 0 Å². The van der Waals surface area contributed by atoms with Gasteiger partial charge in [0.2, 0.25) is 0 Å². The van der Waals surface area contributed by atoms with Crippen molar-refractivity contribution >= 4 is 34.7 Å². The number of carbonyl (C=O) groups excluding carboxylic acids is 1. The van der Waals surface area contributed by atoms with Gasteiger partial charge in [0, 0.05) is 37.0 Å². The predicted molar refractivity (Wildman–Crippen MR) is 114 cm³/mol. The lowest BCUT2D eigenvalue weighted by Crippen LogP contribution is -2.15. The largest absolute Gasteiger partial charge is 0.378 e. The highest BCUT2D eigenvalue weighted by molar-refractivity contribution is 6.30. The maximum absolute atomic E-state index is 12.3. The average Bonchev–Trinajstić information content (AvgIpc) is 2.69. The smallest absolute Gasteiger partial charge is 0.276 e. The molecule has 1 heterocycles. The lowest BCUT2D eigenvalue weighted by atomic mass is 10.1. The van der Waals surface area contributed by atoms with Crippen LogP contribution in [0.25, 0.3) is 0 Å². The molecule has 0 fully saturated rings. The summed E-state index contributed by atoms with van der Waals surface area (Å²) in [7, 11) is 3.93. The van der Waals surface area contributed by atoms with E-state index in [2.05, 4.69) is 20.8 Å². The Kier molecular flexibility index (Phi) is 6.45. The molecule has 7 heteroatoms. The van der Waals surface area contributed by atoms with Gasteiger partial charge in [-0.15, -0.1) is 10.2 Å². The van der Waals surface area contributed by atoms with Crippen LogP contribution in [0.2, 0.25) is 5.02 Å². The minimum Gasteiger partial charge on any atom is -0.378 e. The number of rotatable bonds is 7. The second kappa shape index (κ2) is 9.19. The van der Waals surface area contributed by atoms with E-state index in [9.17, 15) is 4.79 Å². The van der Waals surface area contributed by atoms with Gasteiger partial charge in [0.25, 0.3) is 5.91 Å². The van der Waals surface area contributed by atoms with Gasteiger partial charge in [0.05, 0.1) is 0 Å². The maximum atomic E-state index is 12.3. The van der Waals surface area contributed by atoms with Crippen LogP contribution in [-0.2, 0) is 6.42 Å². The first-order valence-corrected chi connectivity index (χ1v) is 9.30. The number of halogens is 1. The van der Waals surface area contributed by atoms with Crippen LogP contribution < -0.4 is 15.5 Å². The molecule has 1 amide bonds. The summed E-state index contributed by atoms with van der Waals surface area (Å²) in [6.07, 6.45) is 0.813. The van der Waals surface area contributed by atoms with Crippen LogP contribution in [0.1, 0.15) is 16.1 Å². The van der Waals surface area contributed by atoms with Crippen LogP contribution in [0, 0.1) is 0 Å². The molecular weight excluding hydrogens is 374 g/mol. The Labute approximate surface area is 169 Å². The number of hydrogen-bond acceptors (Lipinski definition) is 5. The Hall–Kier alpha value is -3.12. The van der Waals surface area contributed by atoms with E-state index in [-0.39, 0.29) is 11.6 Å². The lowest BCUT2D eigenvalue weighted by Gasteiger charge is -2.13. The Morgan fingerprint density at radius 3 is 2.46 bits per heavy atom. The highest BCUT2D eigenvalue weighted by Crippen LogP contribution is 2.16. The van der Waals surface area contributed by atoms with E-state index in [1.807, 2.05) is 67.5 Å². The summed E-state index contributed by atoms with van der Waals surface area (Å²) in [4.78, 5) is 14.3. The maximum Gasteiger partial charge on any atom is 0.276 e. The zero-order valence-electron chi connectivity index (χ0n) is 15.8. The summed E-state index contributed by atoms with van der Waals surface area (Å²) in [5.41, 5.74) is 3.17. The summed E-state index contributed by atoms with van der Waals surface area (Å²) in [5.74, 6) is 0.324. The van der Waals surface area contributed by atoms with Crippen LogP contribution in [0.3, 0.4) is 0 Å². The Morgan fingerprint density at radius 1 is 1.04 bits per heavy atom. The number of anilines is 3. The first-order valence-electron chi connectivity index (χ1n) is 8.92. The van der Waals surface area contributed by atoms with Gasteiger partial charge in [0.15, 0.2) is 5.69 Å². The Balaban J connectivity index is 1.52. The number of amides is 1. The SMILES string of the molecule is CN(C)c1ccc(NC(=O)c2ccc(NCCc3cccc(Cl)c3)nn2)cc1. The third-order valence-electron chi connectivity index (χ3n) is 4.15. The minimum atomic E-state index is -0.296. The van der Waals surface area contributed by atoms with Gasteiger partial charge in [-0.25, -0.2) is 0 Å². The molecule has 0 saturated carbocycles. The molecule has 1 aromatic heterocycles. The highest BCUT2D eigenvalue weighted by Gasteiger charge is 2.09. The van der Waals surface area contributed by atoms with Crippen LogP contribution in [-0.4, -0.2) is 36.7 Å². The van der Waals surface area contributed by atoms with Gasteiger partial charge in [-0.3, -0.25) is 4.79 Å². The highest BCUT2D eigenvalue weighted by atomic mass is 35.5. The van der Waals surface area contributed by atoms with E-state index in [4.69, 9.17) is 11.6 Å². The van der Waals surface area contributed by atoms with Crippen molar-refractivity contribution in [1.29, 1.82) is 0 Å². The summed E-state index contributed by atoms with van der Waals surface area (Å²) in [5, 5.41) is 14.8. The topological polar surface area (TPSA) is 70.2 Å². The average molecular weight is 396 g/mol. The van der Waals surface area contributed by atoms with Crippen LogP contribution in [0.4, 0.5) is 17.2 Å². The molecule has 6 nitrogen and oxygen atoms in total. The molecule has 144 valence electrons. The molecule has 0 aliphatic heterocycles. The molecule has 0 radical (unpaired) electrons. The van der Waals surface area contributed by atoms with Crippen molar-refractivity contribution < 1.29 is 4.79 Å². The predicted octanol–water partition coefficient (Wildman–Crippen LogP) is 4.10. The van der Waals surface area contributed by atoms with Crippen molar-refractivity contribution in [3.05, 3.63) is 76.9 Å². The fourth-order valence-electron chi connectivity index (χ4n) is 2.61. The fraction of sp³-hybridized carbons (Fsp3) is 0.190. The fourth-order valence-corrected chi connectivity index (χ4v) is 2.83. The molecular formula is C21H22ClN5O. The quantitative estimate of drug-likeness (QED) is 0.630. The van der Waals surface area contributed by atoms with Crippen molar-refractivity contribution in [1.82, 2.24) is 10.2 Å². The molecule has 0 aliphatic carbocycles. The summed E-state index contributed by atoms with van der Waals surface area (Å²) < 4.78 is 0. The van der Waals surface area contributed by atoms with Crippen LogP contribution in [0.15, 0.2) is 60.7 Å². The number of carbonyl (C=O) groups is 1. The standard InChI is InChI=1S/C21H22ClN5O/c1-27(2)18-8-6-17(7-9-18)24-21(28)19-10-11-20(26-25-19)23-13-12-15-4-3-5-16(22)14-15/h3-11,14H,12-13H2,1-2H3,(H,23,26)(H,24,28). The number of nitrogens with zero attached hydrogens (tertiary/aromatic N) is 3. The van der Waals surface area contributed by atoms with E-state index < -0.39 is 0 Å². The van der Waals surface area contributed by atoms with E-state index >= 15 is 0 Å². The molecule has 3 aromatic rings. The lowest BCUT2D eigenvalue weighted by molar-refractivity contribution is 0.102. The van der Waals surface area contributed by atoms with E-state index in [0.29, 0.717) is 18.1 Å². The van der Waals surface area contributed by atoms with Crippen molar-refractivity contribution in [2.75, 3.05) is 36.2 Å². The van der Waals surface area contributed by atoms with Crippen LogP contribution >= 0.6 is 11.6 Å². The monoisotopic (exact) mass is 395 g/mol.